The second kappa shape index (κ2) is 2.58. The van der Waals surface area contributed by atoms with Crippen LogP contribution in [0.2, 0.25) is 0 Å². The lowest BCUT2D eigenvalue weighted by atomic mass is 9.94. The Morgan fingerprint density at radius 2 is 2.07 bits per heavy atom. The predicted molar refractivity (Wildman–Crippen MR) is 52.0 cm³/mol. The topological polar surface area (TPSA) is 26.3 Å². The molecule has 0 saturated heterocycles. The minimum atomic E-state index is 0.00376. The van der Waals surface area contributed by atoms with Crippen LogP contribution in [0.3, 0.4) is 0 Å². The molecule has 3 rings (SSSR count). The van der Waals surface area contributed by atoms with Gasteiger partial charge in [0.15, 0.2) is 5.78 Å². The smallest absolute Gasteiger partial charge is 0.181 e. The van der Waals surface area contributed by atoms with Gasteiger partial charge in [0, 0.05) is 11.6 Å². The average molecular weight is 184 g/mol. The fraction of sp³-hybridized carbons (Fsp3) is 0.0833. The van der Waals surface area contributed by atoms with E-state index in [2.05, 4.69) is 0 Å². The molecule has 0 fully saturated rings. The molecule has 0 bridgehead atoms. The highest BCUT2D eigenvalue weighted by molar-refractivity contribution is 6.01. The summed E-state index contributed by atoms with van der Waals surface area (Å²) in [4.78, 5) is 11.1. The van der Waals surface area contributed by atoms with Gasteiger partial charge in [0.1, 0.15) is 11.5 Å². The molecule has 0 spiro atoms. The Bertz CT molecular complexity index is 469. The van der Waals surface area contributed by atoms with Crippen LogP contribution in [0.15, 0.2) is 48.3 Å². The highest BCUT2D eigenvalue weighted by Gasteiger charge is 2.29. The summed E-state index contributed by atoms with van der Waals surface area (Å²) in [6.07, 6.45) is 5.05. The maximum atomic E-state index is 11.1. The zero-order valence-electron chi connectivity index (χ0n) is 7.44. The zero-order chi connectivity index (χ0) is 9.54. The summed E-state index contributed by atoms with van der Waals surface area (Å²) in [6, 6.07) is 7.87. The lowest BCUT2D eigenvalue weighted by molar-refractivity contribution is -0.110. The lowest BCUT2D eigenvalue weighted by Gasteiger charge is -2.08. The molecule has 1 atom stereocenters. The maximum Gasteiger partial charge on any atom is 0.181 e. The average Bonchev–Trinajstić information content (AvgIpc) is 2.54. The molecule has 14 heavy (non-hydrogen) atoms. The van der Waals surface area contributed by atoms with Gasteiger partial charge in [0.05, 0.1) is 5.92 Å². The number of ketones is 1. The summed E-state index contributed by atoms with van der Waals surface area (Å²) in [5.74, 6) is 1.76. The summed E-state index contributed by atoms with van der Waals surface area (Å²) in [6.45, 7) is 0. The van der Waals surface area contributed by atoms with Gasteiger partial charge < -0.3 is 4.74 Å². The van der Waals surface area contributed by atoms with Crippen LogP contribution in [0.5, 0.6) is 5.75 Å². The van der Waals surface area contributed by atoms with E-state index < -0.39 is 0 Å². The van der Waals surface area contributed by atoms with E-state index in [4.69, 9.17) is 4.74 Å². The Hall–Kier alpha value is -1.83. The van der Waals surface area contributed by atoms with Crippen molar-refractivity contribution in [1.29, 1.82) is 0 Å². The fourth-order valence-electron chi connectivity index (χ4n) is 1.87. The molecule has 68 valence electrons. The van der Waals surface area contributed by atoms with Crippen molar-refractivity contribution in [2.45, 2.75) is 5.92 Å². The molecule has 2 heteroatoms. The van der Waals surface area contributed by atoms with E-state index in [1.54, 1.807) is 12.2 Å². The maximum absolute atomic E-state index is 11.1. The van der Waals surface area contributed by atoms with Crippen LogP contribution in [0.25, 0.3) is 0 Å². The minimum absolute atomic E-state index is 0.00376. The summed E-state index contributed by atoms with van der Waals surface area (Å²) >= 11 is 0. The SMILES string of the molecule is O=C1C=CC2C(=C1)Oc1ccccc12. The van der Waals surface area contributed by atoms with Gasteiger partial charge in [-0.15, -0.1) is 0 Å². The summed E-state index contributed by atoms with van der Waals surface area (Å²) in [5.41, 5.74) is 1.14. The van der Waals surface area contributed by atoms with Gasteiger partial charge in [0.2, 0.25) is 0 Å². The van der Waals surface area contributed by atoms with Crippen molar-refractivity contribution in [2.75, 3.05) is 0 Å². The van der Waals surface area contributed by atoms with Crippen molar-refractivity contribution in [3.63, 3.8) is 0 Å². The number of benzene rings is 1. The molecule has 0 radical (unpaired) electrons. The number of fused-ring (bicyclic) bond motifs is 3. The minimum Gasteiger partial charge on any atom is -0.460 e. The van der Waals surface area contributed by atoms with E-state index in [-0.39, 0.29) is 11.7 Å². The Balaban J connectivity index is 2.15. The highest BCUT2D eigenvalue weighted by atomic mass is 16.5. The largest absolute Gasteiger partial charge is 0.460 e. The molecule has 1 aliphatic carbocycles. The number of ether oxygens (including phenoxy) is 1. The molecule has 2 nitrogen and oxygen atoms in total. The molecule has 0 saturated carbocycles. The van der Waals surface area contributed by atoms with Crippen molar-refractivity contribution in [3.05, 3.63) is 53.8 Å². The quantitative estimate of drug-likeness (QED) is 0.617. The van der Waals surface area contributed by atoms with Crippen LogP contribution in [-0.4, -0.2) is 5.78 Å². The third kappa shape index (κ3) is 0.940. The number of hydrogen-bond acceptors (Lipinski definition) is 2. The van der Waals surface area contributed by atoms with Crippen molar-refractivity contribution in [1.82, 2.24) is 0 Å². The lowest BCUT2D eigenvalue weighted by Crippen LogP contribution is -2.04. The van der Waals surface area contributed by atoms with Crippen LogP contribution in [0, 0.1) is 0 Å². The number of para-hydroxylation sites is 1. The number of rotatable bonds is 0. The van der Waals surface area contributed by atoms with Gasteiger partial charge in [-0.2, -0.15) is 0 Å². The van der Waals surface area contributed by atoms with Crippen LogP contribution in [0.1, 0.15) is 11.5 Å². The molecule has 0 amide bonds. The number of hydrogen-bond donors (Lipinski definition) is 0. The molecular formula is C12H8O2. The first-order chi connectivity index (χ1) is 6.84. The standard InChI is InChI=1S/C12H8O2/c13-8-5-6-10-9-3-1-2-4-11(9)14-12(10)7-8/h1-7,10H. The third-order valence-corrected chi connectivity index (χ3v) is 2.53. The van der Waals surface area contributed by atoms with E-state index in [9.17, 15) is 4.79 Å². The number of carbonyl (C=O) groups is 1. The van der Waals surface area contributed by atoms with Crippen LogP contribution >= 0.6 is 0 Å². The molecule has 0 aromatic heterocycles. The van der Waals surface area contributed by atoms with E-state index >= 15 is 0 Å². The second-order valence-electron chi connectivity index (χ2n) is 3.43. The van der Waals surface area contributed by atoms with E-state index in [1.165, 1.54) is 0 Å². The summed E-state index contributed by atoms with van der Waals surface area (Å²) < 4.78 is 5.57. The zero-order valence-corrected chi connectivity index (χ0v) is 7.44. The van der Waals surface area contributed by atoms with E-state index in [0.29, 0.717) is 0 Å². The molecule has 2 aliphatic rings. The molecule has 1 aromatic rings. The monoisotopic (exact) mass is 184 g/mol. The van der Waals surface area contributed by atoms with Crippen molar-refractivity contribution < 1.29 is 9.53 Å². The fourth-order valence-corrected chi connectivity index (χ4v) is 1.87. The van der Waals surface area contributed by atoms with Gasteiger partial charge in [-0.3, -0.25) is 4.79 Å². The predicted octanol–water partition coefficient (Wildman–Crippen LogP) is 2.19. The van der Waals surface area contributed by atoms with Gasteiger partial charge in [-0.05, 0) is 12.1 Å². The molecule has 1 aliphatic heterocycles. The van der Waals surface area contributed by atoms with E-state index in [1.807, 2.05) is 30.3 Å². The van der Waals surface area contributed by atoms with Crippen molar-refractivity contribution in [2.24, 2.45) is 0 Å². The van der Waals surface area contributed by atoms with Gasteiger partial charge >= 0.3 is 0 Å². The Morgan fingerprint density at radius 1 is 1.21 bits per heavy atom. The van der Waals surface area contributed by atoms with Crippen LogP contribution in [-0.2, 0) is 4.79 Å². The third-order valence-electron chi connectivity index (χ3n) is 2.53. The van der Waals surface area contributed by atoms with Crippen LogP contribution < -0.4 is 4.74 Å². The van der Waals surface area contributed by atoms with Gasteiger partial charge in [-0.25, -0.2) is 0 Å². The Kier molecular flexibility index (Phi) is 1.39. The highest BCUT2D eigenvalue weighted by Crippen LogP contribution is 2.42. The molecule has 0 N–H and O–H groups in total. The molecule has 1 aromatic carbocycles. The first kappa shape index (κ1) is 7.56. The summed E-state index contributed by atoms with van der Waals surface area (Å²) in [7, 11) is 0. The summed E-state index contributed by atoms with van der Waals surface area (Å²) in [5, 5.41) is 0. The normalized spacial score (nSPS) is 22.4. The van der Waals surface area contributed by atoms with Crippen LogP contribution in [0.4, 0.5) is 0 Å². The number of allylic oxidation sites excluding steroid dienone is 3. The second-order valence-corrected chi connectivity index (χ2v) is 3.43. The Morgan fingerprint density at radius 3 is 3.00 bits per heavy atom. The molecular weight excluding hydrogens is 176 g/mol. The molecule has 1 heterocycles. The molecule has 1 unspecified atom stereocenters. The first-order valence-electron chi connectivity index (χ1n) is 4.55. The van der Waals surface area contributed by atoms with E-state index in [0.717, 1.165) is 17.1 Å². The van der Waals surface area contributed by atoms with Crippen molar-refractivity contribution >= 4 is 5.78 Å². The number of carbonyl (C=O) groups excluding carboxylic acids is 1. The van der Waals surface area contributed by atoms with Gasteiger partial charge in [-0.1, -0.05) is 24.3 Å². The Labute approximate surface area is 81.5 Å². The van der Waals surface area contributed by atoms with Crippen molar-refractivity contribution in [3.8, 4) is 5.75 Å². The van der Waals surface area contributed by atoms with Gasteiger partial charge in [0.25, 0.3) is 0 Å². The first-order valence-corrected chi connectivity index (χ1v) is 4.55.